The van der Waals surface area contributed by atoms with Gasteiger partial charge in [0.05, 0.1) is 13.0 Å². The number of benzene rings is 2. The molecule has 0 atom stereocenters. The number of aryl methyl sites for hydroxylation is 2. The maximum atomic E-state index is 11.9. The Morgan fingerprint density at radius 3 is 2.38 bits per heavy atom. The third-order valence-corrected chi connectivity index (χ3v) is 3.77. The summed E-state index contributed by atoms with van der Waals surface area (Å²) >= 11 is 0. The normalized spacial score (nSPS) is 10.2. The Labute approximate surface area is 152 Å². The first-order chi connectivity index (χ1) is 12.4. The van der Waals surface area contributed by atoms with Crippen molar-refractivity contribution in [2.24, 2.45) is 0 Å². The lowest BCUT2D eigenvalue weighted by molar-refractivity contribution is -0.136. The minimum atomic E-state index is -0.936. The first kappa shape index (κ1) is 19.2. The highest BCUT2D eigenvalue weighted by Gasteiger charge is 2.08. The average molecular weight is 354 g/mol. The summed E-state index contributed by atoms with van der Waals surface area (Å²) in [6.45, 7) is 1.88. The van der Waals surface area contributed by atoms with E-state index in [-0.39, 0.29) is 24.8 Å². The first-order valence-electron chi connectivity index (χ1n) is 8.35. The van der Waals surface area contributed by atoms with E-state index < -0.39 is 5.97 Å². The van der Waals surface area contributed by atoms with Crippen molar-refractivity contribution in [3.8, 4) is 0 Å². The fourth-order valence-corrected chi connectivity index (χ4v) is 2.42. The maximum Gasteiger partial charge on any atom is 0.307 e. The molecule has 0 bridgehead atoms. The molecule has 0 fully saturated rings. The highest BCUT2D eigenvalue weighted by Crippen LogP contribution is 2.11. The number of anilines is 1. The van der Waals surface area contributed by atoms with Crippen LogP contribution in [0.3, 0.4) is 0 Å². The molecule has 0 aliphatic rings. The van der Waals surface area contributed by atoms with Crippen LogP contribution in [-0.2, 0) is 27.2 Å². The Bertz CT molecular complexity index is 785. The molecular weight excluding hydrogens is 332 g/mol. The van der Waals surface area contributed by atoms with E-state index in [1.807, 2.05) is 31.2 Å². The average Bonchev–Trinajstić information content (AvgIpc) is 2.59. The van der Waals surface area contributed by atoms with Crippen LogP contribution in [0.4, 0.5) is 5.69 Å². The first-order valence-corrected chi connectivity index (χ1v) is 8.35. The summed E-state index contributed by atoms with van der Waals surface area (Å²) in [5.41, 5.74) is 3.34. The van der Waals surface area contributed by atoms with Crippen LogP contribution in [0.1, 0.15) is 23.1 Å². The van der Waals surface area contributed by atoms with E-state index in [2.05, 4.69) is 10.6 Å². The second-order valence-electron chi connectivity index (χ2n) is 6.08. The van der Waals surface area contributed by atoms with E-state index in [1.54, 1.807) is 24.3 Å². The number of carbonyl (C=O) groups is 3. The van der Waals surface area contributed by atoms with Gasteiger partial charge >= 0.3 is 5.97 Å². The van der Waals surface area contributed by atoms with Crippen LogP contribution in [-0.4, -0.2) is 29.4 Å². The van der Waals surface area contributed by atoms with E-state index in [0.717, 1.165) is 5.56 Å². The molecule has 0 aliphatic carbocycles. The van der Waals surface area contributed by atoms with Crippen molar-refractivity contribution in [2.45, 2.75) is 26.2 Å². The number of amides is 2. The number of hydrogen-bond donors (Lipinski definition) is 3. The highest BCUT2D eigenvalue weighted by atomic mass is 16.4. The van der Waals surface area contributed by atoms with Gasteiger partial charge < -0.3 is 15.7 Å². The predicted octanol–water partition coefficient (Wildman–Crippen LogP) is 2.31. The summed E-state index contributed by atoms with van der Waals surface area (Å²) in [7, 11) is 0. The molecule has 2 amide bonds. The Morgan fingerprint density at radius 1 is 0.962 bits per heavy atom. The van der Waals surface area contributed by atoms with E-state index in [1.165, 1.54) is 5.56 Å². The zero-order chi connectivity index (χ0) is 18.9. The third kappa shape index (κ3) is 6.76. The van der Waals surface area contributed by atoms with Crippen LogP contribution < -0.4 is 10.6 Å². The molecule has 2 rings (SSSR count). The van der Waals surface area contributed by atoms with Crippen LogP contribution in [0.25, 0.3) is 0 Å². The van der Waals surface area contributed by atoms with Crippen molar-refractivity contribution in [3.05, 3.63) is 65.2 Å². The molecule has 0 radical (unpaired) electrons. The number of carboxylic acid groups (broad SMARTS) is 1. The predicted molar refractivity (Wildman–Crippen MR) is 98.9 cm³/mol. The van der Waals surface area contributed by atoms with Crippen molar-refractivity contribution >= 4 is 23.5 Å². The molecule has 6 heteroatoms. The molecule has 2 aromatic carbocycles. The van der Waals surface area contributed by atoms with E-state index in [4.69, 9.17) is 5.11 Å². The molecule has 0 unspecified atom stereocenters. The van der Waals surface area contributed by atoms with Crippen molar-refractivity contribution < 1.29 is 19.5 Å². The van der Waals surface area contributed by atoms with Crippen LogP contribution in [0.2, 0.25) is 0 Å². The van der Waals surface area contributed by atoms with Gasteiger partial charge in [0.15, 0.2) is 0 Å². The highest BCUT2D eigenvalue weighted by molar-refractivity contribution is 5.94. The van der Waals surface area contributed by atoms with Gasteiger partial charge in [-0.25, -0.2) is 0 Å². The zero-order valence-corrected chi connectivity index (χ0v) is 14.6. The molecule has 136 valence electrons. The van der Waals surface area contributed by atoms with Gasteiger partial charge in [0.25, 0.3) is 0 Å². The van der Waals surface area contributed by atoms with Crippen LogP contribution >= 0.6 is 0 Å². The summed E-state index contributed by atoms with van der Waals surface area (Å²) < 4.78 is 0. The Kier molecular flexibility index (Phi) is 6.91. The SMILES string of the molecule is Cc1ccc(CCC(=O)NCC(=O)Nc2cccc(CC(=O)O)c2)cc1. The Balaban J connectivity index is 1.74. The largest absolute Gasteiger partial charge is 0.481 e. The van der Waals surface area contributed by atoms with Gasteiger partial charge in [-0.3, -0.25) is 14.4 Å². The molecule has 0 aromatic heterocycles. The number of aliphatic carboxylic acids is 1. The molecule has 0 heterocycles. The molecule has 0 saturated heterocycles. The molecule has 6 nitrogen and oxygen atoms in total. The molecule has 2 aromatic rings. The van der Waals surface area contributed by atoms with Gasteiger partial charge in [-0.15, -0.1) is 0 Å². The summed E-state index contributed by atoms with van der Waals surface area (Å²) in [5, 5.41) is 14.0. The van der Waals surface area contributed by atoms with Gasteiger partial charge in [0.1, 0.15) is 0 Å². The van der Waals surface area contributed by atoms with Gasteiger partial charge in [-0.2, -0.15) is 0 Å². The van der Waals surface area contributed by atoms with Crippen molar-refractivity contribution in [3.63, 3.8) is 0 Å². The van der Waals surface area contributed by atoms with Crippen molar-refractivity contribution in [1.29, 1.82) is 0 Å². The van der Waals surface area contributed by atoms with Gasteiger partial charge in [0.2, 0.25) is 11.8 Å². The zero-order valence-electron chi connectivity index (χ0n) is 14.6. The number of rotatable bonds is 8. The van der Waals surface area contributed by atoms with Crippen LogP contribution in [0.5, 0.6) is 0 Å². The second-order valence-corrected chi connectivity index (χ2v) is 6.08. The number of carbonyl (C=O) groups excluding carboxylic acids is 2. The summed E-state index contributed by atoms with van der Waals surface area (Å²) in [4.78, 5) is 34.5. The quantitative estimate of drug-likeness (QED) is 0.678. The number of hydrogen-bond acceptors (Lipinski definition) is 3. The molecule has 3 N–H and O–H groups in total. The second kappa shape index (κ2) is 9.36. The van der Waals surface area contributed by atoms with Crippen LogP contribution in [0, 0.1) is 6.92 Å². The van der Waals surface area contributed by atoms with Crippen molar-refractivity contribution in [1.82, 2.24) is 5.32 Å². The van der Waals surface area contributed by atoms with Crippen molar-refractivity contribution in [2.75, 3.05) is 11.9 Å². The number of carboxylic acids is 1. The Morgan fingerprint density at radius 2 is 1.69 bits per heavy atom. The van der Waals surface area contributed by atoms with Gasteiger partial charge in [-0.05, 0) is 36.6 Å². The monoisotopic (exact) mass is 354 g/mol. The lowest BCUT2D eigenvalue weighted by Crippen LogP contribution is -2.33. The fraction of sp³-hybridized carbons (Fsp3) is 0.250. The molecule has 0 aliphatic heterocycles. The molecule has 0 saturated carbocycles. The van der Waals surface area contributed by atoms with E-state index in [0.29, 0.717) is 24.1 Å². The maximum absolute atomic E-state index is 11.9. The van der Waals surface area contributed by atoms with E-state index in [9.17, 15) is 14.4 Å². The lowest BCUT2D eigenvalue weighted by Gasteiger charge is -2.08. The molecular formula is C20H22N2O4. The van der Waals surface area contributed by atoms with Crippen LogP contribution in [0.15, 0.2) is 48.5 Å². The Hall–Kier alpha value is -3.15. The summed E-state index contributed by atoms with van der Waals surface area (Å²) in [6.07, 6.45) is 0.814. The summed E-state index contributed by atoms with van der Waals surface area (Å²) in [5.74, 6) is -1.49. The number of nitrogens with one attached hydrogen (secondary N) is 2. The van der Waals surface area contributed by atoms with Gasteiger partial charge in [0, 0.05) is 12.1 Å². The minimum Gasteiger partial charge on any atom is -0.481 e. The standard InChI is InChI=1S/C20H22N2O4/c1-14-5-7-15(8-6-14)9-10-18(23)21-13-19(24)22-17-4-2-3-16(11-17)12-20(25)26/h2-8,11H,9-10,12-13H2,1H3,(H,21,23)(H,22,24)(H,25,26). The van der Waals surface area contributed by atoms with Gasteiger partial charge in [-0.1, -0.05) is 42.0 Å². The topological polar surface area (TPSA) is 95.5 Å². The molecule has 0 spiro atoms. The minimum absolute atomic E-state index is 0.112. The smallest absolute Gasteiger partial charge is 0.307 e. The molecule has 26 heavy (non-hydrogen) atoms. The van der Waals surface area contributed by atoms with E-state index >= 15 is 0 Å². The summed E-state index contributed by atoms with van der Waals surface area (Å²) in [6, 6.07) is 14.6. The fourth-order valence-electron chi connectivity index (χ4n) is 2.42. The third-order valence-electron chi connectivity index (χ3n) is 3.77. The lowest BCUT2D eigenvalue weighted by atomic mass is 10.1.